The van der Waals surface area contributed by atoms with Crippen LogP contribution in [0.3, 0.4) is 0 Å². The van der Waals surface area contributed by atoms with Gasteiger partial charge in [-0.1, -0.05) is 19.3 Å². The Bertz CT molecular complexity index is 460. The first-order chi connectivity index (χ1) is 11.1. The number of nitrogens with two attached hydrogens (primary N) is 1. The normalized spacial score (nSPS) is 40.8. The number of carbonyl (C=O) groups excluding carboxylic acids is 2. The number of nitrogens with one attached hydrogen (secondary N) is 1. The molecule has 0 heterocycles. The number of hydrogen-bond donors (Lipinski definition) is 2. The number of hydrogen-bond acceptors (Lipinski definition) is 2. The maximum atomic E-state index is 13.1. The maximum absolute atomic E-state index is 13.1. The molecule has 0 radical (unpaired) electrons. The van der Waals surface area contributed by atoms with Gasteiger partial charge in [-0.3, -0.25) is 9.59 Å². The Morgan fingerprint density at radius 3 is 1.91 bits per heavy atom. The van der Waals surface area contributed by atoms with Gasteiger partial charge < -0.3 is 11.1 Å². The average Bonchev–Trinajstić information content (AvgIpc) is 2.51. The van der Waals surface area contributed by atoms with E-state index in [9.17, 15) is 9.59 Å². The van der Waals surface area contributed by atoms with E-state index in [4.69, 9.17) is 5.73 Å². The summed E-state index contributed by atoms with van der Waals surface area (Å²) >= 11 is 0. The highest BCUT2D eigenvalue weighted by Gasteiger charge is 2.55. The average molecular weight is 318 g/mol. The molecule has 128 valence electrons. The maximum Gasteiger partial charge on any atom is 0.240 e. The van der Waals surface area contributed by atoms with Crippen molar-refractivity contribution in [1.29, 1.82) is 0 Å². The topological polar surface area (TPSA) is 72.2 Å². The van der Waals surface area contributed by atoms with Crippen LogP contribution in [0.1, 0.15) is 70.6 Å². The summed E-state index contributed by atoms with van der Waals surface area (Å²) in [6.07, 6.45) is 12.7. The lowest BCUT2D eigenvalue weighted by Gasteiger charge is -2.56. The molecule has 4 heteroatoms. The van der Waals surface area contributed by atoms with E-state index in [-0.39, 0.29) is 23.1 Å². The van der Waals surface area contributed by atoms with Crippen LogP contribution in [0.15, 0.2) is 0 Å². The molecule has 0 saturated heterocycles. The van der Waals surface area contributed by atoms with E-state index in [0.717, 1.165) is 62.7 Å². The third-order valence-corrected chi connectivity index (χ3v) is 7.23. The van der Waals surface area contributed by atoms with Crippen molar-refractivity contribution < 1.29 is 9.59 Å². The first-order valence-corrected chi connectivity index (χ1v) is 9.66. The van der Waals surface area contributed by atoms with Crippen LogP contribution < -0.4 is 11.1 Å². The molecule has 0 aromatic carbocycles. The zero-order chi connectivity index (χ0) is 16.0. The van der Waals surface area contributed by atoms with Gasteiger partial charge in [-0.2, -0.15) is 0 Å². The van der Waals surface area contributed by atoms with Crippen molar-refractivity contribution in [2.45, 2.75) is 76.7 Å². The van der Waals surface area contributed by atoms with Crippen molar-refractivity contribution in [3.8, 4) is 0 Å². The molecule has 5 fully saturated rings. The van der Waals surface area contributed by atoms with Gasteiger partial charge in [0.1, 0.15) is 6.04 Å². The number of primary amides is 1. The molecule has 0 aromatic heterocycles. The van der Waals surface area contributed by atoms with E-state index < -0.39 is 6.04 Å². The summed E-state index contributed by atoms with van der Waals surface area (Å²) in [5.74, 6) is 2.29. The van der Waals surface area contributed by atoms with Gasteiger partial charge in [-0.05, 0) is 75.0 Å². The van der Waals surface area contributed by atoms with Gasteiger partial charge in [0.2, 0.25) is 11.8 Å². The molecule has 23 heavy (non-hydrogen) atoms. The molecule has 2 amide bonds. The van der Waals surface area contributed by atoms with Crippen molar-refractivity contribution in [2.24, 2.45) is 34.8 Å². The third-order valence-electron chi connectivity index (χ3n) is 7.23. The van der Waals surface area contributed by atoms with Crippen molar-refractivity contribution >= 4 is 11.8 Å². The standard InChI is InChI=1S/C19H30N2O2/c20-17(22)16(15-4-2-1-3-5-15)21-18(23)19-9-12-6-13(10-19)8-14(7-12)11-19/h12-16H,1-11H2,(H2,20,22)(H,21,23)/t12?,13?,14?,16-,19?/m0/s1. The highest BCUT2D eigenvalue weighted by molar-refractivity contribution is 5.90. The second-order valence-corrected chi connectivity index (χ2v) is 8.95. The summed E-state index contributed by atoms with van der Waals surface area (Å²) in [4.78, 5) is 25.1. The minimum Gasteiger partial charge on any atom is -0.368 e. The fourth-order valence-electron chi connectivity index (χ4n) is 6.57. The predicted octanol–water partition coefficient (Wildman–Crippen LogP) is 2.75. The van der Waals surface area contributed by atoms with Crippen LogP contribution in [0.4, 0.5) is 0 Å². The third kappa shape index (κ3) is 2.78. The Labute approximate surface area is 138 Å². The molecule has 1 atom stereocenters. The monoisotopic (exact) mass is 318 g/mol. The van der Waals surface area contributed by atoms with E-state index in [0.29, 0.717) is 0 Å². The highest BCUT2D eigenvalue weighted by Crippen LogP contribution is 2.60. The van der Waals surface area contributed by atoms with Crippen LogP contribution in [0.25, 0.3) is 0 Å². The van der Waals surface area contributed by atoms with Crippen LogP contribution in [0, 0.1) is 29.1 Å². The first kappa shape index (κ1) is 15.5. The number of amides is 2. The largest absolute Gasteiger partial charge is 0.368 e. The summed E-state index contributed by atoms with van der Waals surface area (Å²) in [7, 11) is 0. The second kappa shape index (κ2) is 5.78. The predicted molar refractivity (Wildman–Crippen MR) is 88.3 cm³/mol. The van der Waals surface area contributed by atoms with Crippen LogP contribution in [0.5, 0.6) is 0 Å². The summed E-state index contributed by atoms with van der Waals surface area (Å²) < 4.78 is 0. The molecule has 5 aliphatic rings. The summed E-state index contributed by atoms with van der Waals surface area (Å²) in [6, 6.07) is -0.448. The lowest BCUT2D eigenvalue weighted by Crippen LogP contribution is -2.58. The lowest BCUT2D eigenvalue weighted by atomic mass is 9.49. The van der Waals surface area contributed by atoms with Crippen molar-refractivity contribution in [1.82, 2.24) is 5.32 Å². The number of rotatable bonds is 4. The van der Waals surface area contributed by atoms with Crippen LogP contribution in [-0.2, 0) is 9.59 Å². The van der Waals surface area contributed by atoms with E-state index in [1.807, 2.05) is 0 Å². The molecule has 0 aliphatic heterocycles. The fraction of sp³-hybridized carbons (Fsp3) is 0.895. The minimum atomic E-state index is -0.448. The van der Waals surface area contributed by atoms with E-state index in [1.54, 1.807) is 0 Å². The summed E-state index contributed by atoms with van der Waals surface area (Å²) in [6.45, 7) is 0. The Morgan fingerprint density at radius 1 is 0.913 bits per heavy atom. The van der Waals surface area contributed by atoms with Gasteiger partial charge in [0.15, 0.2) is 0 Å². The van der Waals surface area contributed by atoms with Gasteiger partial charge in [-0.25, -0.2) is 0 Å². The Hall–Kier alpha value is -1.06. The van der Waals surface area contributed by atoms with Crippen molar-refractivity contribution in [3.05, 3.63) is 0 Å². The zero-order valence-corrected chi connectivity index (χ0v) is 14.1. The van der Waals surface area contributed by atoms with Gasteiger partial charge in [0, 0.05) is 5.41 Å². The minimum absolute atomic E-state index is 0.144. The molecule has 0 spiro atoms. The Kier molecular flexibility index (Phi) is 3.89. The summed E-state index contributed by atoms with van der Waals surface area (Å²) in [5.41, 5.74) is 5.47. The molecule has 4 nitrogen and oxygen atoms in total. The molecule has 5 rings (SSSR count). The lowest BCUT2D eigenvalue weighted by molar-refractivity contribution is -0.149. The van der Waals surface area contributed by atoms with Gasteiger partial charge in [0.05, 0.1) is 0 Å². The molecule has 5 saturated carbocycles. The van der Waals surface area contributed by atoms with Crippen LogP contribution in [-0.4, -0.2) is 17.9 Å². The van der Waals surface area contributed by atoms with Gasteiger partial charge in [-0.15, -0.1) is 0 Å². The first-order valence-electron chi connectivity index (χ1n) is 9.66. The molecule has 3 N–H and O–H groups in total. The fourth-order valence-corrected chi connectivity index (χ4v) is 6.57. The Morgan fingerprint density at radius 2 is 1.43 bits per heavy atom. The molecule has 5 aliphatic carbocycles. The van der Waals surface area contributed by atoms with E-state index >= 15 is 0 Å². The quantitative estimate of drug-likeness (QED) is 0.836. The SMILES string of the molecule is NC(=O)[C@@H](NC(=O)C12CC3CC(CC(C3)C1)C2)C1CCCCC1. The number of carbonyl (C=O) groups is 2. The molecule has 0 aromatic rings. The highest BCUT2D eigenvalue weighted by atomic mass is 16.2. The smallest absolute Gasteiger partial charge is 0.240 e. The van der Waals surface area contributed by atoms with E-state index in [1.165, 1.54) is 25.7 Å². The molecule has 4 bridgehead atoms. The zero-order valence-electron chi connectivity index (χ0n) is 14.1. The molecular formula is C19H30N2O2. The van der Waals surface area contributed by atoms with Crippen LogP contribution >= 0.6 is 0 Å². The van der Waals surface area contributed by atoms with Crippen molar-refractivity contribution in [2.75, 3.05) is 0 Å². The summed E-state index contributed by atoms with van der Waals surface area (Å²) in [5, 5.41) is 3.13. The molecule has 0 unspecified atom stereocenters. The van der Waals surface area contributed by atoms with Gasteiger partial charge >= 0.3 is 0 Å². The van der Waals surface area contributed by atoms with Crippen LogP contribution in [0.2, 0.25) is 0 Å². The Balaban J connectivity index is 1.48. The van der Waals surface area contributed by atoms with Crippen molar-refractivity contribution in [3.63, 3.8) is 0 Å². The second-order valence-electron chi connectivity index (χ2n) is 8.95. The molecular weight excluding hydrogens is 288 g/mol. The van der Waals surface area contributed by atoms with E-state index in [2.05, 4.69) is 5.32 Å². The van der Waals surface area contributed by atoms with Gasteiger partial charge in [0.25, 0.3) is 0 Å².